The fourth-order valence-electron chi connectivity index (χ4n) is 2.46. The molecule has 0 spiro atoms. The summed E-state index contributed by atoms with van der Waals surface area (Å²) in [4.78, 5) is 20.4. The number of hydrogen-bond donors (Lipinski definition) is 1. The van der Waals surface area contributed by atoms with E-state index < -0.39 is 0 Å². The van der Waals surface area contributed by atoms with Gasteiger partial charge in [-0.15, -0.1) is 0 Å². The minimum absolute atomic E-state index is 0.0798. The van der Waals surface area contributed by atoms with E-state index in [4.69, 9.17) is 0 Å². The van der Waals surface area contributed by atoms with Crippen LogP contribution in [-0.4, -0.2) is 25.7 Å². The normalized spacial score (nSPS) is 11.1. The summed E-state index contributed by atoms with van der Waals surface area (Å²) < 4.78 is 2.72. The zero-order chi connectivity index (χ0) is 15.6. The number of carbonyl (C=O) groups is 1. The molecule has 4 aromatic rings. The van der Waals surface area contributed by atoms with Gasteiger partial charge < -0.3 is 5.32 Å². The van der Waals surface area contributed by atoms with Crippen molar-refractivity contribution in [2.45, 2.75) is 13.0 Å². The van der Waals surface area contributed by atoms with E-state index in [0.29, 0.717) is 18.1 Å². The van der Waals surface area contributed by atoms with Gasteiger partial charge in [0.15, 0.2) is 5.13 Å². The lowest BCUT2D eigenvalue weighted by molar-refractivity contribution is -0.116. The second-order valence-electron chi connectivity index (χ2n) is 5.11. The summed E-state index contributed by atoms with van der Waals surface area (Å²) in [7, 11) is 0. The van der Waals surface area contributed by atoms with E-state index in [9.17, 15) is 4.79 Å². The summed E-state index contributed by atoms with van der Waals surface area (Å²) in [6.45, 7) is 0.500. The zero-order valence-corrected chi connectivity index (χ0v) is 13.0. The summed E-state index contributed by atoms with van der Waals surface area (Å²) in [5, 5.41) is 9.80. The minimum Gasteiger partial charge on any atom is -0.302 e. The van der Waals surface area contributed by atoms with Crippen LogP contribution >= 0.6 is 11.3 Å². The maximum atomic E-state index is 12.0. The molecule has 6 nitrogen and oxygen atoms in total. The summed E-state index contributed by atoms with van der Waals surface area (Å²) in [6, 6.07) is 12.2. The molecular weight excluding hydrogens is 310 g/mol. The average molecular weight is 323 g/mol. The molecular formula is C16H13N5OS. The highest BCUT2D eigenvalue weighted by Gasteiger charge is 2.10. The Morgan fingerprint density at radius 3 is 3.00 bits per heavy atom. The van der Waals surface area contributed by atoms with Crippen LogP contribution in [0, 0.1) is 0 Å². The van der Waals surface area contributed by atoms with Crippen LogP contribution < -0.4 is 5.32 Å². The molecule has 0 aliphatic carbocycles. The molecule has 0 atom stereocenters. The van der Waals surface area contributed by atoms with E-state index in [1.54, 1.807) is 11.0 Å². The Bertz CT molecular complexity index is 977. The summed E-state index contributed by atoms with van der Waals surface area (Å²) in [5.74, 6) is -0.0798. The molecule has 0 unspecified atom stereocenters. The largest absolute Gasteiger partial charge is 0.302 e. The van der Waals surface area contributed by atoms with E-state index in [0.717, 1.165) is 15.6 Å². The average Bonchev–Trinajstić information content (AvgIpc) is 3.22. The number of aromatic nitrogens is 4. The third kappa shape index (κ3) is 2.78. The lowest BCUT2D eigenvalue weighted by Gasteiger charge is -2.01. The molecule has 0 aliphatic heterocycles. The Hall–Kier alpha value is -2.80. The van der Waals surface area contributed by atoms with Crippen molar-refractivity contribution in [2.24, 2.45) is 0 Å². The van der Waals surface area contributed by atoms with Gasteiger partial charge in [0.1, 0.15) is 12.7 Å². The molecule has 1 amide bonds. The van der Waals surface area contributed by atoms with Crippen molar-refractivity contribution < 1.29 is 4.79 Å². The number of nitrogens with zero attached hydrogens (tertiary/aromatic N) is 4. The van der Waals surface area contributed by atoms with Crippen LogP contribution in [0.4, 0.5) is 5.13 Å². The van der Waals surface area contributed by atoms with Gasteiger partial charge in [0.25, 0.3) is 0 Å². The van der Waals surface area contributed by atoms with Crippen molar-refractivity contribution in [1.82, 2.24) is 19.7 Å². The third-order valence-electron chi connectivity index (χ3n) is 3.56. The first-order chi connectivity index (χ1) is 11.3. The van der Waals surface area contributed by atoms with Crippen molar-refractivity contribution in [3.05, 3.63) is 49.1 Å². The molecule has 4 rings (SSSR count). The molecule has 0 saturated carbocycles. The van der Waals surface area contributed by atoms with E-state index in [1.807, 2.05) is 24.3 Å². The molecule has 7 heteroatoms. The van der Waals surface area contributed by atoms with Gasteiger partial charge in [0.05, 0.1) is 16.8 Å². The Kier molecular flexibility index (Phi) is 3.47. The van der Waals surface area contributed by atoms with E-state index >= 15 is 0 Å². The van der Waals surface area contributed by atoms with Gasteiger partial charge in [-0.05, 0) is 11.5 Å². The summed E-state index contributed by atoms with van der Waals surface area (Å²) >= 11 is 1.50. The molecule has 114 valence electrons. The van der Waals surface area contributed by atoms with E-state index in [2.05, 4.69) is 32.5 Å². The molecule has 2 aromatic carbocycles. The number of thiazole rings is 1. The fraction of sp³-hybridized carbons (Fsp3) is 0.125. The quantitative estimate of drug-likeness (QED) is 0.626. The lowest BCUT2D eigenvalue weighted by atomic mass is 10.1. The maximum absolute atomic E-state index is 12.0. The van der Waals surface area contributed by atoms with Crippen molar-refractivity contribution in [3.63, 3.8) is 0 Å². The minimum atomic E-state index is -0.0798. The summed E-state index contributed by atoms with van der Waals surface area (Å²) in [5.41, 5.74) is 0.903. The number of aryl methyl sites for hydroxylation is 1. The number of nitrogens with one attached hydrogen (secondary N) is 1. The van der Waals surface area contributed by atoms with Crippen LogP contribution in [0.15, 0.2) is 49.1 Å². The standard InChI is InChI=1S/C16H13N5OS/c22-14(7-8-21-10-17-9-18-21)20-16-19-13-6-5-11-3-1-2-4-12(11)15(13)23-16/h1-6,9-10H,7-8H2,(H,19,20,22). The monoisotopic (exact) mass is 323 g/mol. The highest BCUT2D eigenvalue weighted by atomic mass is 32.1. The molecule has 23 heavy (non-hydrogen) atoms. The molecule has 0 saturated heterocycles. The Morgan fingerprint density at radius 1 is 1.22 bits per heavy atom. The molecule has 0 radical (unpaired) electrons. The predicted octanol–water partition coefficient (Wildman–Crippen LogP) is 3.07. The number of fused-ring (bicyclic) bond motifs is 3. The van der Waals surface area contributed by atoms with Crippen LogP contribution in [0.1, 0.15) is 6.42 Å². The smallest absolute Gasteiger partial charge is 0.228 e. The van der Waals surface area contributed by atoms with Gasteiger partial charge in [-0.1, -0.05) is 41.7 Å². The number of rotatable bonds is 4. The van der Waals surface area contributed by atoms with Crippen LogP contribution in [-0.2, 0) is 11.3 Å². The molecule has 0 bridgehead atoms. The van der Waals surface area contributed by atoms with Crippen LogP contribution in [0.5, 0.6) is 0 Å². The second-order valence-corrected chi connectivity index (χ2v) is 6.11. The number of hydrogen-bond acceptors (Lipinski definition) is 5. The number of anilines is 1. The molecule has 2 heterocycles. The molecule has 0 aliphatic rings. The Morgan fingerprint density at radius 2 is 2.13 bits per heavy atom. The first kappa shape index (κ1) is 13.8. The Balaban J connectivity index is 1.55. The number of benzene rings is 2. The zero-order valence-electron chi connectivity index (χ0n) is 12.1. The van der Waals surface area contributed by atoms with Crippen molar-refractivity contribution in [2.75, 3.05) is 5.32 Å². The van der Waals surface area contributed by atoms with Gasteiger partial charge in [-0.2, -0.15) is 5.10 Å². The van der Waals surface area contributed by atoms with Gasteiger partial charge in [-0.25, -0.2) is 9.97 Å². The van der Waals surface area contributed by atoms with Gasteiger partial charge >= 0.3 is 0 Å². The Labute approximate surface area is 135 Å². The first-order valence-corrected chi connectivity index (χ1v) is 8.02. The van der Waals surface area contributed by atoms with Crippen LogP contribution in [0.2, 0.25) is 0 Å². The molecule has 0 fully saturated rings. The van der Waals surface area contributed by atoms with Crippen molar-refractivity contribution in [3.8, 4) is 0 Å². The molecule has 1 N–H and O–H groups in total. The van der Waals surface area contributed by atoms with Crippen LogP contribution in [0.3, 0.4) is 0 Å². The predicted molar refractivity (Wildman–Crippen MR) is 90.4 cm³/mol. The van der Waals surface area contributed by atoms with Gasteiger partial charge in [-0.3, -0.25) is 9.48 Å². The van der Waals surface area contributed by atoms with E-state index in [1.165, 1.54) is 23.1 Å². The van der Waals surface area contributed by atoms with Gasteiger partial charge in [0.2, 0.25) is 5.91 Å². The maximum Gasteiger partial charge on any atom is 0.228 e. The summed E-state index contributed by atoms with van der Waals surface area (Å²) in [6.07, 6.45) is 3.38. The highest BCUT2D eigenvalue weighted by molar-refractivity contribution is 7.23. The topological polar surface area (TPSA) is 72.7 Å². The molecule has 2 aromatic heterocycles. The number of carbonyl (C=O) groups excluding carboxylic acids is 1. The van der Waals surface area contributed by atoms with Gasteiger partial charge in [0, 0.05) is 11.8 Å². The third-order valence-corrected chi connectivity index (χ3v) is 4.58. The van der Waals surface area contributed by atoms with Crippen LogP contribution in [0.25, 0.3) is 21.0 Å². The van der Waals surface area contributed by atoms with E-state index in [-0.39, 0.29) is 5.91 Å². The highest BCUT2D eigenvalue weighted by Crippen LogP contribution is 2.32. The number of amides is 1. The lowest BCUT2D eigenvalue weighted by Crippen LogP contribution is -2.14. The first-order valence-electron chi connectivity index (χ1n) is 7.20. The SMILES string of the molecule is O=C(CCn1cncn1)Nc1nc2ccc3ccccc3c2s1. The fourth-order valence-corrected chi connectivity index (χ4v) is 3.47. The van der Waals surface area contributed by atoms with Crippen molar-refractivity contribution in [1.29, 1.82) is 0 Å². The van der Waals surface area contributed by atoms with Crippen molar-refractivity contribution >= 4 is 43.4 Å². The second kappa shape index (κ2) is 5.77.